The van der Waals surface area contributed by atoms with E-state index in [0.717, 1.165) is 30.0 Å². The van der Waals surface area contributed by atoms with Crippen molar-refractivity contribution in [1.82, 2.24) is 10.2 Å². The molecular formula is C13H17ClN2O2. The molecule has 2 unspecified atom stereocenters. The van der Waals surface area contributed by atoms with Crippen molar-refractivity contribution in [3.05, 3.63) is 29.3 Å². The quantitative estimate of drug-likeness (QED) is 0.834. The fraction of sp³-hybridized carbons (Fsp3) is 0.462. The van der Waals surface area contributed by atoms with Gasteiger partial charge in [-0.3, -0.25) is 4.79 Å². The van der Waals surface area contributed by atoms with Gasteiger partial charge in [-0.2, -0.15) is 0 Å². The zero-order valence-corrected chi connectivity index (χ0v) is 11.3. The SMILES string of the molecule is COc1ccc2c(c1)C1CNCC1N(C)C2=O.Cl. The van der Waals surface area contributed by atoms with E-state index >= 15 is 0 Å². The maximum atomic E-state index is 12.2. The maximum Gasteiger partial charge on any atom is 0.254 e. The Morgan fingerprint density at radius 2 is 2.17 bits per heavy atom. The van der Waals surface area contributed by atoms with Crippen LogP contribution in [0.3, 0.4) is 0 Å². The summed E-state index contributed by atoms with van der Waals surface area (Å²) >= 11 is 0. The van der Waals surface area contributed by atoms with E-state index < -0.39 is 0 Å². The molecule has 0 aliphatic carbocycles. The van der Waals surface area contributed by atoms with Gasteiger partial charge in [-0.15, -0.1) is 12.4 Å². The molecule has 0 spiro atoms. The van der Waals surface area contributed by atoms with Crippen LogP contribution in [0.2, 0.25) is 0 Å². The molecule has 0 saturated carbocycles. The number of hydrogen-bond donors (Lipinski definition) is 1. The van der Waals surface area contributed by atoms with Crippen LogP contribution in [0.5, 0.6) is 5.75 Å². The van der Waals surface area contributed by atoms with Gasteiger partial charge in [-0.25, -0.2) is 0 Å². The lowest BCUT2D eigenvalue weighted by molar-refractivity contribution is 0.0706. The van der Waals surface area contributed by atoms with Crippen molar-refractivity contribution in [1.29, 1.82) is 0 Å². The number of rotatable bonds is 1. The number of carbonyl (C=O) groups excluding carboxylic acids is 1. The zero-order chi connectivity index (χ0) is 12.0. The molecule has 3 rings (SSSR count). The smallest absolute Gasteiger partial charge is 0.254 e. The molecule has 1 saturated heterocycles. The zero-order valence-electron chi connectivity index (χ0n) is 10.5. The fourth-order valence-electron chi connectivity index (χ4n) is 2.90. The van der Waals surface area contributed by atoms with Gasteiger partial charge in [0.25, 0.3) is 5.91 Å². The third-order valence-electron chi connectivity index (χ3n) is 3.89. The van der Waals surface area contributed by atoms with Gasteiger partial charge in [0.05, 0.1) is 13.2 Å². The van der Waals surface area contributed by atoms with E-state index in [1.165, 1.54) is 0 Å². The van der Waals surface area contributed by atoms with Gasteiger partial charge in [-0.1, -0.05) is 0 Å². The third-order valence-corrected chi connectivity index (χ3v) is 3.89. The van der Waals surface area contributed by atoms with Crippen molar-refractivity contribution in [3.8, 4) is 5.75 Å². The minimum atomic E-state index is 0. The number of amides is 1. The van der Waals surface area contributed by atoms with Crippen molar-refractivity contribution >= 4 is 18.3 Å². The lowest BCUT2D eigenvalue weighted by Gasteiger charge is -2.35. The summed E-state index contributed by atoms with van der Waals surface area (Å²) < 4.78 is 5.25. The molecule has 1 aromatic rings. The third kappa shape index (κ3) is 1.76. The molecule has 1 amide bonds. The van der Waals surface area contributed by atoms with E-state index in [2.05, 4.69) is 5.32 Å². The molecule has 4 nitrogen and oxygen atoms in total. The van der Waals surface area contributed by atoms with Crippen LogP contribution in [0.1, 0.15) is 21.8 Å². The van der Waals surface area contributed by atoms with Crippen LogP contribution in [-0.4, -0.2) is 44.1 Å². The molecule has 18 heavy (non-hydrogen) atoms. The predicted octanol–water partition coefficient (Wildman–Crippen LogP) is 1.26. The van der Waals surface area contributed by atoms with Crippen molar-refractivity contribution in [2.24, 2.45) is 0 Å². The Kier molecular flexibility index (Phi) is 3.50. The molecule has 0 aromatic heterocycles. The number of carbonyl (C=O) groups is 1. The number of hydrogen-bond acceptors (Lipinski definition) is 3. The second-order valence-electron chi connectivity index (χ2n) is 4.70. The van der Waals surface area contributed by atoms with Gasteiger partial charge < -0.3 is 15.0 Å². The van der Waals surface area contributed by atoms with Crippen molar-refractivity contribution in [2.75, 3.05) is 27.2 Å². The molecule has 2 aliphatic rings. The summed E-state index contributed by atoms with van der Waals surface area (Å²) in [7, 11) is 3.54. The lowest BCUT2D eigenvalue weighted by Crippen LogP contribution is -2.45. The van der Waals surface area contributed by atoms with Crippen molar-refractivity contribution < 1.29 is 9.53 Å². The van der Waals surface area contributed by atoms with E-state index in [4.69, 9.17) is 4.74 Å². The van der Waals surface area contributed by atoms with Gasteiger partial charge >= 0.3 is 0 Å². The Morgan fingerprint density at radius 3 is 2.89 bits per heavy atom. The number of methoxy groups -OCH3 is 1. The van der Waals surface area contributed by atoms with Crippen LogP contribution in [0, 0.1) is 0 Å². The summed E-state index contributed by atoms with van der Waals surface area (Å²) in [5.74, 6) is 1.34. The van der Waals surface area contributed by atoms with Gasteiger partial charge in [-0.05, 0) is 23.8 Å². The average Bonchev–Trinajstić information content (AvgIpc) is 2.84. The normalized spacial score (nSPS) is 25.2. The Balaban J connectivity index is 0.00000120. The van der Waals surface area contributed by atoms with E-state index in [1.54, 1.807) is 7.11 Å². The van der Waals surface area contributed by atoms with Gasteiger partial charge in [0.2, 0.25) is 0 Å². The van der Waals surface area contributed by atoms with Crippen molar-refractivity contribution in [3.63, 3.8) is 0 Å². The molecule has 5 heteroatoms. The summed E-state index contributed by atoms with van der Waals surface area (Å²) in [6, 6.07) is 6.02. The number of fused-ring (bicyclic) bond motifs is 3. The second kappa shape index (κ2) is 4.78. The first-order valence-electron chi connectivity index (χ1n) is 5.88. The molecule has 2 heterocycles. The highest BCUT2D eigenvalue weighted by molar-refractivity contribution is 5.97. The minimum Gasteiger partial charge on any atom is -0.497 e. The van der Waals surface area contributed by atoms with Gasteiger partial charge in [0.15, 0.2) is 0 Å². The number of halogens is 1. The number of benzene rings is 1. The highest BCUT2D eigenvalue weighted by Crippen LogP contribution is 2.36. The van der Waals surface area contributed by atoms with E-state index in [9.17, 15) is 4.79 Å². The molecule has 1 fully saturated rings. The summed E-state index contributed by atoms with van der Waals surface area (Å²) in [6.07, 6.45) is 0. The molecule has 0 radical (unpaired) electrons. The molecule has 1 aromatic carbocycles. The largest absolute Gasteiger partial charge is 0.497 e. The molecule has 0 bridgehead atoms. The predicted molar refractivity (Wildman–Crippen MR) is 71.7 cm³/mol. The molecule has 2 atom stereocenters. The van der Waals surface area contributed by atoms with E-state index in [1.807, 2.05) is 30.1 Å². The minimum absolute atomic E-state index is 0. The lowest BCUT2D eigenvalue weighted by atomic mass is 9.85. The molecule has 1 N–H and O–H groups in total. The Labute approximate surface area is 113 Å². The number of likely N-dealkylation sites (N-methyl/N-ethyl adjacent to an activating group) is 1. The number of nitrogens with one attached hydrogen (secondary N) is 1. The van der Waals surface area contributed by atoms with Gasteiger partial charge in [0.1, 0.15) is 5.75 Å². The van der Waals surface area contributed by atoms with Crippen LogP contribution in [-0.2, 0) is 0 Å². The first-order valence-corrected chi connectivity index (χ1v) is 5.88. The van der Waals surface area contributed by atoms with Crippen LogP contribution in [0.25, 0.3) is 0 Å². The monoisotopic (exact) mass is 268 g/mol. The molecule has 2 aliphatic heterocycles. The standard InChI is InChI=1S/C13H16N2O2.ClH/c1-15-12-7-14-6-11(12)10-5-8(17-2)3-4-9(10)13(15)16;/h3-5,11-12,14H,6-7H2,1-2H3;1H. The van der Waals surface area contributed by atoms with Crippen LogP contribution in [0.15, 0.2) is 18.2 Å². The number of ether oxygens (including phenoxy) is 1. The van der Waals surface area contributed by atoms with Gasteiger partial charge in [0, 0.05) is 31.6 Å². The Morgan fingerprint density at radius 1 is 1.39 bits per heavy atom. The average molecular weight is 269 g/mol. The van der Waals surface area contributed by atoms with Crippen LogP contribution in [0.4, 0.5) is 0 Å². The Hall–Kier alpha value is -1.26. The van der Waals surface area contributed by atoms with Crippen LogP contribution >= 0.6 is 12.4 Å². The summed E-state index contributed by atoms with van der Waals surface area (Å²) in [5, 5.41) is 3.36. The highest BCUT2D eigenvalue weighted by atomic mass is 35.5. The van der Waals surface area contributed by atoms with Crippen LogP contribution < -0.4 is 10.1 Å². The maximum absolute atomic E-state index is 12.2. The molecular weight excluding hydrogens is 252 g/mol. The highest BCUT2D eigenvalue weighted by Gasteiger charge is 2.40. The summed E-state index contributed by atoms with van der Waals surface area (Å²) in [4.78, 5) is 14.1. The first-order chi connectivity index (χ1) is 8.22. The molecule has 98 valence electrons. The van der Waals surface area contributed by atoms with E-state index in [-0.39, 0.29) is 24.4 Å². The van der Waals surface area contributed by atoms with Crippen molar-refractivity contribution in [2.45, 2.75) is 12.0 Å². The Bertz CT molecular complexity index is 478. The fourth-order valence-corrected chi connectivity index (χ4v) is 2.90. The summed E-state index contributed by atoms with van der Waals surface area (Å²) in [6.45, 7) is 1.81. The summed E-state index contributed by atoms with van der Waals surface area (Å²) in [5.41, 5.74) is 1.95. The topological polar surface area (TPSA) is 41.6 Å². The second-order valence-corrected chi connectivity index (χ2v) is 4.70. The van der Waals surface area contributed by atoms with E-state index in [0.29, 0.717) is 5.92 Å². The number of nitrogens with zero attached hydrogens (tertiary/aromatic N) is 1. The first kappa shape index (κ1) is 13.2.